The predicted octanol–water partition coefficient (Wildman–Crippen LogP) is 1.23. The van der Waals surface area contributed by atoms with Crippen molar-refractivity contribution >= 4 is 17.7 Å². The molecule has 18 heavy (non-hydrogen) atoms. The number of carbonyl (C=O) groups is 1. The molecule has 1 saturated carbocycles. The van der Waals surface area contributed by atoms with Crippen LogP contribution in [0.3, 0.4) is 0 Å². The van der Waals surface area contributed by atoms with E-state index in [4.69, 9.17) is 16.1 Å². The van der Waals surface area contributed by atoms with Gasteiger partial charge in [0.25, 0.3) is 0 Å². The summed E-state index contributed by atoms with van der Waals surface area (Å²) in [5.41, 5.74) is 4.45. The fourth-order valence-electron chi connectivity index (χ4n) is 2.00. The molecule has 0 radical (unpaired) electrons. The molecule has 0 aromatic carbocycles. The Morgan fingerprint density at radius 1 is 1.50 bits per heavy atom. The van der Waals surface area contributed by atoms with E-state index in [2.05, 4.69) is 0 Å². The fraction of sp³-hybridized carbons (Fsp3) is 0.667. The van der Waals surface area contributed by atoms with Crippen molar-refractivity contribution < 1.29 is 15.0 Å². The van der Waals surface area contributed by atoms with Gasteiger partial charge in [-0.05, 0) is 12.8 Å². The van der Waals surface area contributed by atoms with E-state index in [-0.39, 0.29) is 5.75 Å². The van der Waals surface area contributed by atoms with Crippen LogP contribution in [0.2, 0.25) is 0 Å². The summed E-state index contributed by atoms with van der Waals surface area (Å²) in [6.07, 6.45) is 5.48. The van der Waals surface area contributed by atoms with E-state index in [1.807, 2.05) is 6.07 Å². The average Bonchev–Trinajstić information content (AvgIpc) is 2.34. The van der Waals surface area contributed by atoms with Crippen LogP contribution >= 0.6 is 11.8 Å². The number of carboxylic acids is 1. The summed E-state index contributed by atoms with van der Waals surface area (Å²) in [7, 11) is 0. The van der Waals surface area contributed by atoms with Crippen LogP contribution in [-0.4, -0.2) is 33.6 Å². The maximum absolute atomic E-state index is 10.6. The van der Waals surface area contributed by atoms with Gasteiger partial charge in [0, 0.05) is 16.7 Å². The highest BCUT2D eigenvalue weighted by Crippen LogP contribution is 2.39. The molecule has 4 N–H and O–H groups in total. The number of carboxylic acid groups (broad SMARTS) is 1. The molecule has 0 aliphatic heterocycles. The molecule has 0 bridgehead atoms. The van der Waals surface area contributed by atoms with Crippen LogP contribution in [0.25, 0.3) is 0 Å². The molecular formula is C12H18N2O3S. The molecule has 1 aliphatic carbocycles. The summed E-state index contributed by atoms with van der Waals surface area (Å²) >= 11 is 1.17. The zero-order valence-corrected chi connectivity index (χ0v) is 10.9. The van der Waals surface area contributed by atoms with Gasteiger partial charge in [-0.15, -0.1) is 11.8 Å². The third kappa shape index (κ3) is 4.02. The molecule has 5 nitrogen and oxygen atoms in total. The smallest absolute Gasteiger partial charge is 0.321 e. The van der Waals surface area contributed by atoms with Crippen LogP contribution in [-0.2, 0) is 4.79 Å². The zero-order valence-electron chi connectivity index (χ0n) is 10.1. The standard InChI is InChI=1S/C12H18N2O3S/c13-7-4-10(18-8-9(14)11(15)16)12(17)5-2-1-3-6-12/h4,9,17H,1-3,5-6,8,14H2,(H,15,16)/b10-4-/t9-/m0/s1. The van der Waals surface area contributed by atoms with Gasteiger partial charge in [0.05, 0.1) is 11.7 Å². The molecule has 0 amide bonds. The number of aliphatic hydroxyl groups is 1. The number of rotatable bonds is 5. The largest absolute Gasteiger partial charge is 0.480 e. The molecule has 1 aliphatic rings. The second-order valence-electron chi connectivity index (χ2n) is 4.49. The molecule has 6 heteroatoms. The summed E-state index contributed by atoms with van der Waals surface area (Å²) in [6.45, 7) is 0. The summed E-state index contributed by atoms with van der Waals surface area (Å²) in [6, 6.07) is 0.930. The van der Waals surface area contributed by atoms with Crippen molar-refractivity contribution in [2.24, 2.45) is 5.73 Å². The van der Waals surface area contributed by atoms with Gasteiger partial charge >= 0.3 is 5.97 Å². The van der Waals surface area contributed by atoms with Crippen LogP contribution in [0.15, 0.2) is 11.0 Å². The normalized spacial score (nSPS) is 21.1. The summed E-state index contributed by atoms with van der Waals surface area (Å²) in [5.74, 6) is -0.917. The lowest BCUT2D eigenvalue weighted by atomic mass is 9.84. The van der Waals surface area contributed by atoms with E-state index in [0.717, 1.165) is 19.3 Å². The molecular weight excluding hydrogens is 252 g/mol. The lowest BCUT2D eigenvalue weighted by Gasteiger charge is -2.33. The lowest BCUT2D eigenvalue weighted by molar-refractivity contribution is -0.137. The van der Waals surface area contributed by atoms with Gasteiger partial charge in [-0.3, -0.25) is 4.79 Å². The maximum atomic E-state index is 10.6. The Morgan fingerprint density at radius 3 is 2.61 bits per heavy atom. The second-order valence-corrected chi connectivity index (χ2v) is 5.55. The van der Waals surface area contributed by atoms with Crippen molar-refractivity contribution in [1.82, 2.24) is 0 Å². The van der Waals surface area contributed by atoms with E-state index in [0.29, 0.717) is 17.7 Å². The van der Waals surface area contributed by atoms with Gasteiger partial charge < -0.3 is 15.9 Å². The highest BCUT2D eigenvalue weighted by molar-refractivity contribution is 8.03. The minimum absolute atomic E-state index is 0.158. The Bertz CT molecular complexity index is 370. The SMILES string of the molecule is N#C/C=C(\SC[C@H](N)C(=O)O)C1(O)CCCCC1. The molecule has 0 spiro atoms. The summed E-state index contributed by atoms with van der Waals surface area (Å²) in [5, 5.41) is 28.0. The van der Waals surface area contributed by atoms with Gasteiger partial charge in [-0.25, -0.2) is 0 Å². The third-order valence-electron chi connectivity index (χ3n) is 3.07. The maximum Gasteiger partial charge on any atom is 0.321 e. The summed E-state index contributed by atoms with van der Waals surface area (Å²) in [4.78, 5) is 11.2. The van der Waals surface area contributed by atoms with Crippen molar-refractivity contribution in [2.75, 3.05) is 5.75 Å². The highest BCUT2D eigenvalue weighted by Gasteiger charge is 2.34. The van der Waals surface area contributed by atoms with Gasteiger partial charge in [-0.2, -0.15) is 5.26 Å². The van der Waals surface area contributed by atoms with Crippen LogP contribution in [0.4, 0.5) is 0 Å². The zero-order chi connectivity index (χ0) is 13.6. The molecule has 0 aromatic heterocycles. The minimum atomic E-state index is -1.07. The first kappa shape index (κ1) is 15.0. The molecule has 1 rings (SSSR count). The average molecular weight is 270 g/mol. The van der Waals surface area contributed by atoms with Crippen molar-refractivity contribution in [3.8, 4) is 6.07 Å². The molecule has 0 saturated heterocycles. The first-order valence-corrected chi connectivity index (χ1v) is 6.92. The molecule has 0 unspecified atom stereocenters. The van der Waals surface area contributed by atoms with Crippen molar-refractivity contribution in [1.29, 1.82) is 5.26 Å². The Balaban J connectivity index is 2.69. The molecule has 0 aromatic rings. The monoisotopic (exact) mass is 270 g/mol. The van der Waals surface area contributed by atoms with Gasteiger partial charge in [-0.1, -0.05) is 19.3 Å². The van der Waals surface area contributed by atoms with E-state index < -0.39 is 17.6 Å². The number of allylic oxidation sites excluding steroid dienone is 1. The lowest BCUT2D eigenvalue weighted by Crippen LogP contribution is -2.36. The van der Waals surface area contributed by atoms with Crippen LogP contribution in [0, 0.1) is 11.3 Å². The molecule has 0 heterocycles. The van der Waals surface area contributed by atoms with E-state index in [9.17, 15) is 9.90 Å². The third-order valence-corrected chi connectivity index (χ3v) is 4.41. The molecule has 1 fully saturated rings. The van der Waals surface area contributed by atoms with E-state index >= 15 is 0 Å². The number of nitriles is 1. The number of thioether (sulfide) groups is 1. The first-order chi connectivity index (χ1) is 8.49. The minimum Gasteiger partial charge on any atom is -0.480 e. The highest BCUT2D eigenvalue weighted by atomic mass is 32.2. The van der Waals surface area contributed by atoms with Crippen molar-refractivity contribution in [2.45, 2.75) is 43.7 Å². The number of aliphatic carboxylic acids is 1. The Morgan fingerprint density at radius 2 is 2.11 bits per heavy atom. The van der Waals surface area contributed by atoms with Gasteiger partial charge in [0.15, 0.2) is 0 Å². The second kappa shape index (κ2) is 6.78. The Hall–Kier alpha value is -1.03. The number of nitrogens with two attached hydrogens (primary N) is 1. The summed E-state index contributed by atoms with van der Waals surface area (Å²) < 4.78 is 0. The predicted molar refractivity (Wildman–Crippen MR) is 69.8 cm³/mol. The fourth-order valence-corrected chi connectivity index (χ4v) is 3.11. The number of hydrogen-bond acceptors (Lipinski definition) is 5. The Kier molecular flexibility index (Phi) is 5.66. The Labute approximate surface area is 111 Å². The van der Waals surface area contributed by atoms with Gasteiger partial charge in [0.2, 0.25) is 0 Å². The van der Waals surface area contributed by atoms with Crippen LogP contribution in [0.5, 0.6) is 0 Å². The van der Waals surface area contributed by atoms with Crippen molar-refractivity contribution in [3.05, 3.63) is 11.0 Å². The first-order valence-electron chi connectivity index (χ1n) is 5.93. The van der Waals surface area contributed by atoms with Crippen molar-refractivity contribution in [3.63, 3.8) is 0 Å². The van der Waals surface area contributed by atoms with E-state index in [1.54, 1.807) is 0 Å². The molecule has 100 valence electrons. The van der Waals surface area contributed by atoms with E-state index in [1.165, 1.54) is 17.8 Å². The van der Waals surface area contributed by atoms with Crippen LogP contribution < -0.4 is 5.73 Å². The number of nitrogens with zero attached hydrogens (tertiary/aromatic N) is 1. The molecule has 1 atom stereocenters. The quantitative estimate of drug-likeness (QED) is 0.649. The topological polar surface area (TPSA) is 107 Å². The number of hydrogen-bond donors (Lipinski definition) is 3. The van der Waals surface area contributed by atoms with Gasteiger partial charge in [0.1, 0.15) is 6.04 Å². The van der Waals surface area contributed by atoms with Crippen LogP contribution in [0.1, 0.15) is 32.1 Å².